The summed E-state index contributed by atoms with van der Waals surface area (Å²) in [4.78, 5) is 2.52. The maximum atomic E-state index is 2.52. The lowest BCUT2D eigenvalue weighted by Gasteiger charge is -2.31. The van der Waals surface area contributed by atoms with Gasteiger partial charge in [0.2, 0.25) is 0 Å². The summed E-state index contributed by atoms with van der Waals surface area (Å²) in [5, 5.41) is 7.45. The lowest BCUT2D eigenvalue weighted by atomic mass is 9.81. The van der Waals surface area contributed by atoms with Crippen LogP contribution in [0.5, 0.6) is 0 Å². The largest absolute Gasteiger partial charge is 0.308 e. The van der Waals surface area contributed by atoms with Crippen molar-refractivity contribution in [2.45, 2.75) is 19.3 Å². The van der Waals surface area contributed by atoms with Crippen molar-refractivity contribution in [3.8, 4) is 33.4 Å². The van der Waals surface area contributed by atoms with E-state index in [1.807, 2.05) is 0 Å². The van der Waals surface area contributed by atoms with Crippen molar-refractivity contribution >= 4 is 61.5 Å². The van der Waals surface area contributed by atoms with Gasteiger partial charge in [0.1, 0.15) is 0 Å². The average Bonchev–Trinajstić information content (AvgIpc) is 3.34. The summed E-state index contributed by atoms with van der Waals surface area (Å²) in [7, 11) is 0. The van der Waals surface area contributed by atoms with E-state index >= 15 is 0 Å². The Balaban J connectivity index is 1.30. The van der Waals surface area contributed by atoms with Gasteiger partial charge in [-0.1, -0.05) is 178 Å². The Labute approximate surface area is 316 Å². The lowest BCUT2D eigenvalue weighted by Crippen LogP contribution is -2.14. The van der Waals surface area contributed by atoms with Gasteiger partial charge in [0.15, 0.2) is 0 Å². The van der Waals surface area contributed by atoms with Gasteiger partial charge in [0.25, 0.3) is 0 Å². The first kappa shape index (κ1) is 30.9. The summed E-state index contributed by atoms with van der Waals surface area (Å²) in [5.41, 5.74) is 16.3. The van der Waals surface area contributed by atoms with Gasteiger partial charge >= 0.3 is 0 Å². The second-order valence-corrected chi connectivity index (χ2v) is 15.3. The molecule has 0 radical (unpaired) electrons. The van der Waals surface area contributed by atoms with Gasteiger partial charge in [-0.05, 0) is 101 Å². The van der Waals surface area contributed by atoms with E-state index in [2.05, 4.69) is 207 Å². The highest BCUT2D eigenvalue weighted by Gasteiger charge is 2.37. The Morgan fingerprint density at radius 2 is 0.963 bits per heavy atom. The summed E-state index contributed by atoms with van der Waals surface area (Å²) >= 11 is 0. The Kier molecular flexibility index (Phi) is 6.66. The maximum Gasteiger partial charge on any atom is 0.0619 e. The molecule has 0 saturated carbocycles. The molecule has 0 aromatic heterocycles. The van der Waals surface area contributed by atoms with Crippen molar-refractivity contribution in [3.05, 3.63) is 198 Å². The van der Waals surface area contributed by atoms with E-state index in [1.165, 1.54) is 105 Å². The molecule has 1 heteroatoms. The first-order valence-electron chi connectivity index (χ1n) is 18.9. The van der Waals surface area contributed by atoms with E-state index in [1.54, 1.807) is 0 Å². The lowest BCUT2D eigenvalue weighted by molar-refractivity contribution is 0.660. The van der Waals surface area contributed by atoms with Gasteiger partial charge in [-0.25, -0.2) is 0 Å². The molecule has 0 bridgehead atoms. The Hall–Kier alpha value is -6.70. The number of hydrogen-bond donors (Lipinski definition) is 0. The van der Waals surface area contributed by atoms with Gasteiger partial charge in [-0.3, -0.25) is 0 Å². The highest BCUT2D eigenvalue weighted by atomic mass is 15.2. The number of rotatable bonds is 3. The third kappa shape index (κ3) is 4.45. The molecule has 0 fully saturated rings. The molecule has 1 heterocycles. The normalized spacial score (nSPS) is 13.8. The molecular formula is C53H37N. The van der Waals surface area contributed by atoms with Crippen LogP contribution in [0, 0.1) is 0 Å². The van der Waals surface area contributed by atoms with Crippen LogP contribution in [0.15, 0.2) is 176 Å². The molecule has 0 unspecified atom stereocenters. The first-order chi connectivity index (χ1) is 26.6. The average molecular weight is 688 g/mol. The highest BCUT2D eigenvalue weighted by Crippen LogP contribution is 2.56. The monoisotopic (exact) mass is 687 g/mol. The van der Waals surface area contributed by atoms with Crippen molar-refractivity contribution < 1.29 is 0 Å². The molecule has 2 aliphatic rings. The zero-order valence-corrected chi connectivity index (χ0v) is 30.3. The van der Waals surface area contributed by atoms with Crippen molar-refractivity contribution in [2.75, 3.05) is 4.90 Å². The van der Waals surface area contributed by atoms with Gasteiger partial charge in [-0.2, -0.15) is 0 Å². The summed E-state index contributed by atoms with van der Waals surface area (Å²) in [6.07, 6.45) is 4.52. The topological polar surface area (TPSA) is 3.24 Å². The molecule has 1 nitrogen and oxygen atoms in total. The first-order valence-corrected chi connectivity index (χ1v) is 18.9. The minimum atomic E-state index is -0.101. The quantitative estimate of drug-likeness (QED) is 0.167. The summed E-state index contributed by atoms with van der Waals surface area (Å²) in [6, 6.07) is 65.4. The van der Waals surface area contributed by atoms with Crippen LogP contribution in [0.4, 0.5) is 17.1 Å². The van der Waals surface area contributed by atoms with E-state index in [-0.39, 0.29) is 5.41 Å². The third-order valence-corrected chi connectivity index (χ3v) is 12.0. The number of nitrogens with zero attached hydrogens (tertiary/aromatic N) is 1. The minimum absolute atomic E-state index is 0.101. The van der Waals surface area contributed by atoms with Crippen molar-refractivity contribution in [1.82, 2.24) is 0 Å². The van der Waals surface area contributed by atoms with Gasteiger partial charge < -0.3 is 4.90 Å². The van der Waals surface area contributed by atoms with E-state index < -0.39 is 0 Å². The number of para-hydroxylation sites is 2. The van der Waals surface area contributed by atoms with Crippen LogP contribution in [0.2, 0.25) is 0 Å². The maximum absolute atomic E-state index is 2.52. The number of hydrogen-bond acceptors (Lipinski definition) is 1. The van der Waals surface area contributed by atoms with Crippen molar-refractivity contribution in [3.63, 3.8) is 0 Å². The van der Waals surface area contributed by atoms with E-state index in [0.717, 1.165) is 0 Å². The summed E-state index contributed by atoms with van der Waals surface area (Å²) in [6.45, 7) is 4.75. The van der Waals surface area contributed by atoms with Crippen LogP contribution in [0.1, 0.15) is 36.1 Å². The molecule has 0 spiro atoms. The van der Waals surface area contributed by atoms with E-state index in [4.69, 9.17) is 0 Å². The second kappa shape index (κ2) is 11.7. The summed E-state index contributed by atoms with van der Waals surface area (Å²) in [5.74, 6) is 0. The van der Waals surface area contributed by atoms with Crippen molar-refractivity contribution in [1.29, 1.82) is 0 Å². The molecule has 9 aromatic rings. The van der Waals surface area contributed by atoms with Crippen LogP contribution in [0.25, 0.3) is 77.9 Å². The highest BCUT2D eigenvalue weighted by molar-refractivity contribution is 6.24. The number of benzene rings is 9. The van der Waals surface area contributed by atoms with Crippen LogP contribution in [0.3, 0.4) is 0 Å². The zero-order valence-electron chi connectivity index (χ0n) is 30.3. The molecule has 0 saturated heterocycles. The predicted molar refractivity (Wildman–Crippen MR) is 231 cm³/mol. The van der Waals surface area contributed by atoms with Crippen LogP contribution >= 0.6 is 0 Å². The fourth-order valence-electron chi connectivity index (χ4n) is 9.41. The van der Waals surface area contributed by atoms with E-state index in [0.29, 0.717) is 0 Å². The molecule has 54 heavy (non-hydrogen) atoms. The number of anilines is 3. The smallest absolute Gasteiger partial charge is 0.0619 e. The molecule has 9 aromatic carbocycles. The second-order valence-electron chi connectivity index (χ2n) is 15.3. The van der Waals surface area contributed by atoms with Crippen LogP contribution in [-0.2, 0) is 5.41 Å². The fraction of sp³-hybridized carbons (Fsp3) is 0.0566. The molecule has 254 valence electrons. The molecule has 0 atom stereocenters. The number of fused-ring (bicyclic) bond motifs is 8. The van der Waals surface area contributed by atoms with Crippen LogP contribution < -0.4 is 4.90 Å². The standard InChI is InChI=1S/C53H37N/c1-53(2)46-22-10-9-20-43(46)51-44(21-13-23-47(51)53)50-40-18-7-8-19-41(40)52(54-48-24-11-5-15-35(48)27-28-36-16-6-12-25-49(36)54)42-31-30-39(33-45(42)50)38-29-26-34-14-3-4-17-37(34)32-38/h3-33H,1-2H3. The molecule has 0 amide bonds. The van der Waals surface area contributed by atoms with Crippen LogP contribution in [-0.4, -0.2) is 0 Å². The predicted octanol–water partition coefficient (Wildman–Crippen LogP) is 14.7. The third-order valence-electron chi connectivity index (χ3n) is 12.0. The SMILES string of the molecule is CC1(C)c2ccccc2-c2c(-c3c4ccccc4c(N4c5ccccc5C=Cc5ccccc54)c4ccc(-c5ccc6ccccc6c5)cc34)cccc21. The van der Waals surface area contributed by atoms with Crippen molar-refractivity contribution in [2.24, 2.45) is 0 Å². The van der Waals surface area contributed by atoms with E-state index in [9.17, 15) is 0 Å². The molecule has 11 rings (SSSR count). The zero-order chi connectivity index (χ0) is 36.0. The summed E-state index contributed by atoms with van der Waals surface area (Å²) < 4.78 is 0. The minimum Gasteiger partial charge on any atom is -0.308 e. The Morgan fingerprint density at radius 3 is 1.76 bits per heavy atom. The van der Waals surface area contributed by atoms with Gasteiger partial charge in [0.05, 0.1) is 17.1 Å². The molecule has 1 aliphatic carbocycles. The van der Waals surface area contributed by atoms with Gasteiger partial charge in [0, 0.05) is 16.2 Å². The fourth-order valence-corrected chi connectivity index (χ4v) is 9.41. The van der Waals surface area contributed by atoms with Gasteiger partial charge in [-0.15, -0.1) is 0 Å². The molecular weight excluding hydrogens is 651 g/mol. The Morgan fingerprint density at radius 1 is 0.389 bits per heavy atom. The Bertz CT molecular complexity index is 2980. The molecule has 0 N–H and O–H groups in total. The molecule has 1 aliphatic heterocycles.